The summed E-state index contributed by atoms with van der Waals surface area (Å²) >= 11 is 0. The van der Waals surface area contributed by atoms with Crippen LogP contribution in [0.25, 0.3) is 10.8 Å². The Balaban J connectivity index is 1.76. The van der Waals surface area contributed by atoms with Crippen LogP contribution in [-0.2, 0) is 0 Å². The molecule has 0 bridgehead atoms. The molecule has 0 atom stereocenters. The first-order valence-electron chi connectivity index (χ1n) is 11.3. The number of amides is 2. The minimum atomic E-state index is -0.464. The lowest BCUT2D eigenvalue weighted by molar-refractivity contribution is 0.0961. The number of benzene rings is 4. The highest BCUT2D eigenvalue weighted by Gasteiger charge is 2.19. The first-order chi connectivity index (χ1) is 17.3. The van der Waals surface area contributed by atoms with Gasteiger partial charge in [0.1, 0.15) is 17.1 Å². The van der Waals surface area contributed by atoms with E-state index in [9.17, 15) is 14.7 Å². The number of anilines is 1. The van der Waals surface area contributed by atoms with E-state index >= 15 is 0 Å². The topological polar surface area (TPSA) is 112 Å². The normalized spacial score (nSPS) is 11.0. The van der Waals surface area contributed by atoms with Crippen LogP contribution in [0.15, 0.2) is 77.0 Å². The van der Waals surface area contributed by atoms with Crippen molar-refractivity contribution in [3.63, 3.8) is 0 Å². The standard InChI is InChI=1S/C28H26N4O4/c1-16-9-11-22(17(2)13-16)30-28(35)21-14-18-7-5-6-8-20(18)25(26(21)33)32-31-23-12-10-19(27(34)29-3)15-24(23)36-4/h5-15,33H,1-4H3,(H,29,34)(H,30,35). The van der Waals surface area contributed by atoms with Crippen LogP contribution in [-0.4, -0.2) is 31.1 Å². The monoisotopic (exact) mass is 482 g/mol. The van der Waals surface area contributed by atoms with Crippen molar-refractivity contribution in [1.82, 2.24) is 5.32 Å². The van der Waals surface area contributed by atoms with Crippen LogP contribution in [0.3, 0.4) is 0 Å². The van der Waals surface area contributed by atoms with Gasteiger partial charge < -0.3 is 20.5 Å². The van der Waals surface area contributed by atoms with Gasteiger partial charge in [0, 0.05) is 23.7 Å². The molecule has 0 aromatic heterocycles. The number of carbonyl (C=O) groups excluding carboxylic acids is 2. The zero-order chi connectivity index (χ0) is 25.8. The molecule has 4 aromatic carbocycles. The molecule has 0 fully saturated rings. The largest absolute Gasteiger partial charge is 0.505 e. The third-order valence-corrected chi connectivity index (χ3v) is 5.80. The Hall–Kier alpha value is -4.72. The quantitative estimate of drug-likeness (QED) is 0.284. The number of hydrogen-bond donors (Lipinski definition) is 3. The Morgan fingerprint density at radius 1 is 0.917 bits per heavy atom. The van der Waals surface area contributed by atoms with Crippen molar-refractivity contribution in [3.05, 3.63) is 89.0 Å². The summed E-state index contributed by atoms with van der Waals surface area (Å²) in [5.41, 5.74) is 3.64. The molecule has 0 radical (unpaired) electrons. The van der Waals surface area contributed by atoms with Crippen LogP contribution in [0, 0.1) is 13.8 Å². The molecule has 4 rings (SSSR count). The Morgan fingerprint density at radius 2 is 1.69 bits per heavy atom. The van der Waals surface area contributed by atoms with Crippen molar-refractivity contribution in [1.29, 1.82) is 0 Å². The molecule has 0 aliphatic rings. The number of phenolic OH excluding ortho intramolecular Hbond substituents is 1. The minimum absolute atomic E-state index is 0.0737. The summed E-state index contributed by atoms with van der Waals surface area (Å²) < 4.78 is 5.37. The van der Waals surface area contributed by atoms with Crippen LogP contribution in [0.1, 0.15) is 31.8 Å². The van der Waals surface area contributed by atoms with Crippen molar-refractivity contribution in [3.8, 4) is 11.5 Å². The van der Waals surface area contributed by atoms with E-state index in [1.807, 2.05) is 50.2 Å². The SMILES string of the molecule is CNC(=O)c1ccc(N=Nc2c(O)c(C(=O)Nc3ccc(C)cc3C)cc3ccccc23)c(OC)c1. The van der Waals surface area contributed by atoms with Crippen molar-refractivity contribution in [2.75, 3.05) is 19.5 Å². The van der Waals surface area contributed by atoms with E-state index in [-0.39, 0.29) is 22.9 Å². The van der Waals surface area contributed by atoms with Crippen LogP contribution < -0.4 is 15.4 Å². The maximum atomic E-state index is 13.2. The summed E-state index contributed by atoms with van der Waals surface area (Å²) in [5, 5.41) is 26.5. The second-order valence-electron chi connectivity index (χ2n) is 8.28. The van der Waals surface area contributed by atoms with E-state index in [2.05, 4.69) is 20.9 Å². The van der Waals surface area contributed by atoms with Gasteiger partial charge in [0.05, 0.1) is 12.7 Å². The van der Waals surface area contributed by atoms with Crippen molar-refractivity contribution < 1.29 is 19.4 Å². The van der Waals surface area contributed by atoms with Crippen LogP contribution in [0.5, 0.6) is 11.5 Å². The summed E-state index contributed by atoms with van der Waals surface area (Å²) in [6, 6.07) is 19.4. The molecule has 8 heteroatoms. The smallest absolute Gasteiger partial charge is 0.259 e. The average Bonchev–Trinajstić information content (AvgIpc) is 2.88. The molecular formula is C28H26N4O4. The highest BCUT2D eigenvalue weighted by molar-refractivity contribution is 6.12. The molecular weight excluding hydrogens is 456 g/mol. The fraction of sp³-hybridized carbons (Fsp3) is 0.143. The number of rotatable bonds is 6. The number of methoxy groups -OCH3 is 1. The van der Waals surface area contributed by atoms with E-state index in [0.717, 1.165) is 16.5 Å². The van der Waals surface area contributed by atoms with Gasteiger partial charge in [-0.3, -0.25) is 9.59 Å². The van der Waals surface area contributed by atoms with Crippen LogP contribution >= 0.6 is 0 Å². The number of hydrogen-bond acceptors (Lipinski definition) is 6. The van der Waals surface area contributed by atoms with Gasteiger partial charge in [-0.1, -0.05) is 42.0 Å². The Labute approximate surface area is 208 Å². The van der Waals surface area contributed by atoms with Gasteiger partial charge in [-0.2, -0.15) is 0 Å². The first kappa shape index (κ1) is 24.4. The second-order valence-corrected chi connectivity index (χ2v) is 8.28. The molecule has 2 amide bonds. The van der Waals surface area contributed by atoms with Crippen LogP contribution in [0.2, 0.25) is 0 Å². The fourth-order valence-corrected chi connectivity index (χ4v) is 3.88. The Bertz CT molecular complexity index is 1510. The molecule has 0 heterocycles. The number of fused-ring (bicyclic) bond motifs is 1. The number of nitrogens with one attached hydrogen (secondary N) is 2. The van der Waals surface area contributed by atoms with Gasteiger partial charge in [-0.05, 0) is 55.1 Å². The number of carbonyl (C=O) groups is 2. The van der Waals surface area contributed by atoms with E-state index in [0.29, 0.717) is 28.1 Å². The second kappa shape index (κ2) is 10.3. The number of ether oxygens (including phenoxy) is 1. The van der Waals surface area contributed by atoms with Gasteiger partial charge in [0.15, 0.2) is 5.75 Å². The zero-order valence-electron chi connectivity index (χ0n) is 20.4. The predicted octanol–water partition coefficient (Wildman–Crippen LogP) is 6.20. The lowest BCUT2D eigenvalue weighted by atomic mass is 10.0. The number of aryl methyl sites for hydroxylation is 2. The molecule has 0 aliphatic heterocycles. The van der Waals surface area contributed by atoms with Gasteiger partial charge in [-0.25, -0.2) is 0 Å². The van der Waals surface area contributed by atoms with Crippen molar-refractivity contribution in [2.24, 2.45) is 10.2 Å². The van der Waals surface area contributed by atoms with Crippen molar-refractivity contribution in [2.45, 2.75) is 13.8 Å². The third-order valence-electron chi connectivity index (χ3n) is 5.80. The maximum absolute atomic E-state index is 13.2. The molecule has 36 heavy (non-hydrogen) atoms. The van der Waals surface area contributed by atoms with Gasteiger partial charge in [0.25, 0.3) is 11.8 Å². The molecule has 4 aromatic rings. The van der Waals surface area contributed by atoms with Crippen LogP contribution in [0.4, 0.5) is 17.1 Å². The maximum Gasteiger partial charge on any atom is 0.259 e. The predicted molar refractivity (Wildman–Crippen MR) is 140 cm³/mol. The molecule has 0 saturated carbocycles. The van der Waals surface area contributed by atoms with E-state index in [4.69, 9.17) is 4.74 Å². The van der Waals surface area contributed by atoms with Crippen molar-refractivity contribution >= 4 is 39.6 Å². The molecule has 0 spiro atoms. The molecule has 0 unspecified atom stereocenters. The first-order valence-corrected chi connectivity index (χ1v) is 11.3. The zero-order valence-corrected chi connectivity index (χ0v) is 20.4. The van der Waals surface area contributed by atoms with Gasteiger partial charge in [-0.15, -0.1) is 10.2 Å². The summed E-state index contributed by atoms with van der Waals surface area (Å²) in [6.45, 7) is 3.89. The lowest BCUT2D eigenvalue weighted by Crippen LogP contribution is -2.17. The van der Waals surface area contributed by atoms with E-state index in [1.54, 1.807) is 37.4 Å². The third kappa shape index (κ3) is 4.88. The van der Waals surface area contributed by atoms with Gasteiger partial charge >= 0.3 is 0 Å². The highest BCUT2D eigenvalue weighted by Crippen LogP contribution is 2.40. The Morgan fingerprint density at radius 3 is 2.42 bits per heavy atom. The summed E-state index contributed by atoms with van der Waals surface area (Å²) in [7, 11) is 3.01. The molecule has 0 aliphatic carbocycles. The minimum Gasteiger partial charge on any atom is -0.505 e. The lowest BCUT2D eigenvalue weighted by Gasteiger charge is -2.13. The highest BCUT2D eigenvalue weighted by atomic mass is 16.5. The summed E-state index contributed by atoms with van der Waals surface area (Å²) in [5.74, 6) is -0.676. The number of azo groups is 1. The number of phenols is 1. The van der Waals surface area contributed by atoms with E-state index < -0.39 is 5.91 Å². The summed E-state index contributed by atoms with van der Waals surface area (Å²) in [6.07, 6.45) is 0. The average molecular weight is 483 g/mol. The molecule has 8 nitrogen and oxygen atoms in total. The molecule has 3 N–H and O–H groups in total. The Kier molecular flexibility index (Phi) is 6.96. The van der Waals surface area contributed by atoms with Gasteiger partial charge in [0.2, 0.25) is 0 Å². The number of nitrogens with zero attached hydrogens (tertiary/aromatic N) is 2. The summed E-state index contributed by atoms with van der Waals surface area (Å²) in [4.78, 5) is 25.1. The number of aromatic hydroxyl groups is 1. The fourth-order valence-electron chi connectivity index (χ4n) is 3.88. The molecule has 182 valence electrons. The molecule has 0 saturated heterocycles. The van der Waals surface area contributed by atoms with E-state index in [1.165, 1.54) is 7.11 Å².